The number of aliphatic hydroxyl groups is 2. The molecule has 19 heavy (non-hydrogen) atoms. The van der Waals surface area contributed by atoms with Gasteiger partial charge in [-0.2, -0.15) is 0 Å². The summed E-state index contributed by atoms with van der Waals surface area (Å²) in [6.07, 6.45) is 0.996. The van der Waals surface area contributed by atoms with Crippen LogP contribution >= 0.6 is 0 Å². The number of nitrogens with zero attached hydrogens (tertiary/aromatic N) is 3. The number of aliphatic hydroxyl groups excluding tert-OH is 2. The Labute approximate surface area is 110 Å². The number of hydrogen-bond donors (Lipinski definition) is 3. The fourth-order valence-corrected chi connectivity index (χ4v) is 1.93. The average Bonchev–Trinajstić information content (AvgIpc) is 2.91. The van der Waals surface area contributed by atoms with E-state index in [1.165, 1.54) is 10.9 Å². The lowest BCUT2D eigenvalue weighted by atomic mass is 9.97. The van der Waals surface area contributed by atoms with E-state index in [1.807, 2.05) is 0 Å². The third kappa shape index (κ3) is 3.17. The van der Waals surface area contributed by atoms with Gasteiger partial charge in [0, 0.05) is 6.20 Å². The van der Waals surface area contributed by atoms with E-state index in [0.717, 1.165) is 0 Å². The van der Waals surface area contributed by atoms with Gasteiger partial charge in [0.05, 0.1) is 25.4 Å². The lowest BCUT2D eigenvalue weighted by molar-refractivity contribution is -0.259. The van der Waals surface area contributed by atoms with Crippen molar-refractivity contribution in [1.82, 2.24) is 15.0 Å². The summed E-state index contributed by atoms with van der Waals surface area (Å²) in [5.74, 6) is 0. The van der Waals surface area contributed by atoms with E-state index < -0.39 is 30.6 Å². The summed E-state index contributed by atoms with van der Waals surface area (Å²) in [4.78, 5) is 0. The Bertz CT molecular complexity index is 399. The van der Waals surface area contributed by atoms with Crippen LogP contribution in [0, 0.1) is 0 Å². The summed E-state index contributed by atoms with van der Waals surface area (Å²) in [5, 5.41) is 27.3. The maximum atomic E-state index is 9.96. The molecule has 1 fully saturated rings. The third-order valence-corrected chi connectivity index (χ3v) is 2.97. The molecule has 8 heteroatoms. The van der Waals surface area contributed by atoms with E-state index in [0.29, 0.717) is 0 Å². The maximum absolute atomic E-state index is 9.96. The van der Waals surface area contributed by atoms with Gasteiger partial charge in [-0.3, -0.25) is 0 Å². The van der Waals surface area contributed by atoms with Gasteiger partial charge in [-0.05, 0) is 0 Å². The molecule has 2 heterocycles. The molecule has 0 aliphatic carbocycles. The number of aromatic nitrogens is 3. The number of hydrogen-bond acceptors (Lipinski definition) is 7. The van der Waals surface area contributed by atoms with Crippen molar-refractivity contribution >= 4 is 0 Å². The zero-order valence-electron chi connectivity index (χ0n) is 10.4. The molecule has 0 spiro atoms. The summed E-state index contributed by atoms with van der Waals surface area (Å²) < 4.78 is 12.4. The van der Waals surface area contributed by atoms with Crippen LogP contribution < -0.4 is 5.73 Å². The fraction of sp³-hybridized carbons (Fsp3) is 0.636. The molecule has 2 rings (SSSR count). The highest BCUT2D eigenvalue weighted by atomic mass is 16.7. The lowest BCUT2D eigenvalue weighted by Crippen LogP contribution is -2.62. The van der Waals surface area contributed by atoms with Crippen LogP contribution in [0.5, 0.6) is 0 Å². The molecule has 1 aliphatic rings. The minimum absolute atomic E-state index is 0.247. The molecule has 106 valence electrons. The molecular formula is C11H18N4O4. The zero-order chi connectivity index (χ0) is 13.8. The van der Waals surface area contributed by atoms with Crippen LogP contribution in [0.15, 0.2) is 25.0 Å². The minimum atomic E-state index is -1.13. The SMILES string of the molecule is C=CCO[C@H]1O[C@H](Cn2ccnn2)[C@H](O)[C@H](O)[C@H]1N. The summed E-state index contributed by atoms with van der Waals surface area (Å²) in [5.41, 5.74) is 5.76. The maximum Gasteiger partial charge on any atom is 0.176 e. The summed E-state index contributed by atoms with van der Waals surface area (Å²) in [6.45, 7) is 4.02. The van der Waals surface area contributed by atoms with Crippen LogP contribution in [0.25, 0.3) is 0 Å². The van der Waals surface area contributed by atoms with Gasteiger partial charge in [0.15, 0.2) is 6.29 Å². The first-order valence-corrected chi connectivity index (χ1v) is 5.97. The van der Waals surface area contributed by atoms with E-state index in [4.69, 9.17) is 15.2 Å². The Morgan fingerprint density at radius 2 is 2.26 bits per heavy atom. The molecule has 0 unspecified atom stereocenters. The fourth-order valence-electron chi connectivity index (χ4n) is 1.93. The number of nitrogens with two attached hydrogens (primary N) is 1. The van der Waals surface area contributed by atoms with E-state index in [1.54, 1.807) is 12.3 Å². The Morgan fingerprint density at radius 3 is 2.89 bits per heavy atom. The molecule has 1 saturated heterocycles. The minimum Gasteiger partial charge on any atom is -0.388 e. The Kier molecular flexibility index (Phi) is 4.61. The van der Waals surface area contributed by atoms with Crippen molar-refractivity contribution in [1.29, 1.82) is 0 Å². The summed E-state index contributed by atoms with van der Waals surface area (Å²) in [7, 11) is 0. The molecule has 1 aromatic heterocycles. The predicted octanol–water partition coefficient (Wildman–Crippen LogP) is -1.75. The number of ether oxygens (including phenoxy) is 2. The van der Waals surface area contributed by atoms with Gasteiger partial charge in [0.2, 0.25) is 0 Å². The normalized spacial score (nSPS) is 35.2. The highest BCUT2D eigenvalue weighted by molar-refractivity contribution is 4.92. The van der Waals surface area contributed by atoms with Gasteiger partial charge in [-0.25, -0.2) is 4.68 Å². The third-order valence-electron chi connectivity index (χ3n) is 2.97. The van der Waals surface area contributed by atoms with E-state index in [2.05, 4.69) is 16.9 Å². The quantitative estimate of drug-likeness (QED) is 0.544. The van der Waals surface area contributed by atoms with E-state index in [9.17, 15) is 10.2 Å². The van der Waals surface area contributed by atoms with Gasteiger partial charge in [-0.15, -0.1) is 11.7 Å². The first-order chi connectivity index (χ1) is 9.13. The molecule has 0 saturated carbocycles. The first kappa shape index (κ1) is 14.1. The van der Waals surface area contributed by atoms with Crippen molar-refractivity contribution in [3.05, 3.63) is 25.0 Å². The van der Waals surface area contributed by atoms with Gasteiger partial charge in [0.1, 0.15) is 18.3 Å². The largest absolute Gasteiger partial charge is 0.388 e. The topological polar surface area (TPSA) is 116 Å². The first-order valence-electron chi connectivity index (χ1n) is 5.97. The Hall–Kier alpha value is -1.32. The Balaban J connectivity index is 2.03. The van der Waals surface area contributed by atoms with Gasteiger partial charge >= 0.3 is 0 Å². The summed E-state index contributed by atoms with van der Waals surface area (Å²) in [6, 6.07) is -0.818. The molecule has 0 bridgehead atoms. The van der Waals surface area contributed by atoms with Crippen LogP contribution in [-0.4, -0.2) is 62.5 Å². The van der Waals surface area contributed by atoms with Crippen LogP contribution in [0.2, 0.25) is 0 Å². The molecule has 0 aromatic carbocycles. The molecule has 1 aromatic rings. The van der Waals surface area contributed by atoms with Crippen molar-refractivity contribution in [3.8, 4) is 0 Å². The molecule has 4 N–H and O–H groups in total. The van der Waals surface area contributed by atoms with Crippen LogP contribution in [-0.2, 0) is 16.0 Å². The molecule has 1 aliphatic heterocycles. The van der Waals surface area contributed by atoms with Gasteiger partial charge < -0.3 is 25.4 Å². The zero-order valence-corrected chi connectivity index (χ0v) is 10.4. The Morgan fingerprint density at radius 1 is 1.47 bits per heavy atom. The van der Waals surface area contributed by atoms with Crippen LogP contribution in [0.3, 0.4) is 0 Å². The standard InChI is InChI=1S/C11H18N4O4/c1-2-5-18-11-8(12)10(17)9(16)7(19-11)6-15-4-3-13-14-15/h2-4,7-11,16-17H,1,5-6,12H2/t7-,8-,9+,10-,11+/m1/s1. The highest BCUT2D eigenvalue weighted by Gasteiger charge is 2.43. The second-order valence-corrected chi connectivity index (χ2v) is 4.35. The highest BCUT2D eigenvalue weighted by Crippen LogP contribution is 2.21. The molecule has 0 amide bonds. The molecule has 0 radical (unpaired) electrons. The van der Waals surface area contributed by atoms with Crippen LogP contribution in [0.1, 0.15) is 0 Å². The lowest BCUT2D eigenvalue weighted by Gasteiger charge is -2.40. The molecule has 5 atom stereocenters. The molecular weight excluding hydrogens is 252 g/mol. The van der Waals surface area contributed by atoms with Gasteiger partial charge in [0.25, 0.3) is 0 Å². The second kappa shape index (κ2) is 6.22. The van der Waals surface area contributed by atoms with Gasteiger partial charge in [-0.1, -0.05) is 11.3 Å². The average molecular weight is 270 g/mol. The van der Waals surface area contributed by atoms with Crippen molar-refractivity contribution < 1.29 is 19.7 Å². The summed E-state index contributed by atoms with van der Waals surface area (Å²) >= 11 is 0. The van der Waals surface area contributed by atoms with Crippen molar-refractivity contribution in [2.45, 2.75) is 37.2 Å². The molecule has 8 nitrogen and oxygen atoms in total. The van der Waals surface area contributed by atoms with Crippen LogP contribution in [0.4, 0.5) is 0 Å². The monoisotopic (exact) mass is 270 g/mol. The van der Waals surface area contributed by atoms with E-state index in [-0.39, 0.29) is 13.2 Å². The van der Waals surface area contributed by atoms with Crippen molar-refractivity contribution in [2.24, 2.45) is 5.73 Å². The predicted molar refractivity (Wildman–Crippen MR) is 64.8 cm³/mol. The van der Waals surface area contributed by atoms with E-state index >= 15 is 0 Å². The van der Waals surface area contributed by atoms with Crippen molar-refractivity contribution in [2.75, 3.05) is 6.61 Å². The smallest absolute Gasteiger partial charge is 0.176 e. The number of rotatable bonds is 5. The second-order valence-electron chi connectivity index (χ2n) is 4.35. The van der Waals surface area contributed by atoms with Crippen molar-refractivity contribution in [3.63, 3.8) is 0 Å².